The van der Waals surface area contributed by atoms with Gasteiger partial charge < -0.3 is 9.47 Å². The van der Waals surface area contributed by atoms with E-state index in [2.05, 4.69) is 6.07 Å². The van der Waals surface area contributed by atoms with Crippen molar-refractivity contribution >= 4 is 0 Å². The first-order valence-electron chi connectivity index (χ1n) is 6.62. The average Bonchev–Trinajstić information content (AvgIpc) is 2.87. The number of nitriles is 1. The van der Waals surface area contributed by atoms with Crippen molar-refractivity contribution in [1.29, 1.82) is 5.26 Å². The largest absolute Gasteiger partial charge is 0.335 e. The van der Waals surface area contributed by atoms with E-state index in [0.29, 0.717) is 0 Å². The molecule has 0 aliphatic carbocycles. The zero-order chi connectivity index (χ0) is 14.0. The maximum absolute atomic E-state index is 9.21. The molecule has 20 heavy (non-hydrogen) atoms. The third kappa shape index (κ3) is 2.00. The fourth-order valence-corrected chi connectivity index (χ4v) is 2.51. The fourth-order valence-electron chi connectivity index (χ4n) is 2.51. The van der Waals surface area contributed by atoms with Crippen molar-refractivity contribution in [1.82, 2.24) is 0 Å². The predicted molar refractivity (Wildman–Crippen MR) is 74.7 cm³/mol. The van der Waals surface area contributed by atoms with Crippen molar-refractivity contribution in [3.05, 3.63) is 71.8 Å². The van der Waals surface area contributed by atoms with Gasteiger partial charge in [0.15, 0.2) is 6.10 Å². The van der Waals surface area contributed by atoms with Crippen molar-refractivity contribution in [2.75, 3.05) is 0 Å². The lowest BCUT2D eigenvalue weighted by Crippen LogP contribution is -2.29. The van der Waals surface area contributed by atoms with Gasteiger partial charge in [0.05, 0.1) is 12.2 Å². The summed E-state index contributed by atoms with van der Waals surface area (Å²) in [4.78, 5) is 0. The Morgan fingerprint density at radius 2 is 1.40 bits per heavy atom. The minimum atomic E-state index is -0.998. The van der Waals surface area contributed by atoms with Gasteiger partial charge in [0.2, 0.25) is 5.79 Å². The topological polar surface area (TPSA) is 42.2 Å². The van der Waals surface area contributed by atoms with Gasteiger partial charge in [-0.15, -0.1) is 0 Å². The highest BCUT2D eigenvalue weighted by Gasteiger charge is 2.48. The Morgan fingerprint density at radius 1 is 0.900 bits per heavy atom. The molecule has 3 heteroatoms. The van der Waals surface area contributed by atoms with E-state index in [1.54, 1.807) is 0 Å². The third-order valence-corrected chi connectivity index (χ3v) is 3.51. The molecular formula is C17H15NO2. The first-order valence-corrected chi connectivity index (χ1v) is 6.62. The second kappa shape index (κ2) is 5.09. The Hall–Kier alpha value is -2.15. The average molecular weight is 265 g/mol. The number of ether oxygens (including phenoxy) is 2. The van der Waals surface area contributed by atoms with E-state index in [4.69, 9.17) is 9.47 Å². The molecule has 0 radical (unpaired) electrons. The predicted octanol–water partition coefficient (Wildman–Crippen LogP) is 3.22. The van der Waals surface area contributed by atoms with E-state index in [1.807, 2.05) is 67.6 Å². The van der Waals surface area contributed by atoms with E-state index in [-0.39, 0.29) is 6.10 Å². The van der Waals surface area contributed by atoms with Gasteiger partial charge in [-0.1, -0.05) is 60.7 Å². The lowest BCUT2D eigenvalue weighted by atomic mass is 9.97. The second-order valence-electron chi connectivity index (χ2n) is 4.84. The Morgan fingerprint density at radius 3 is 1.80 bits per heavy atom. The molecule has 0 N–H and O–H groups in total. The third-order valence-electron chi connectivity index (χ3n) is 3.51. The van der Waals surface area contributed by atoms with Crippen LogP contribution in [0.4, 0.5) is 0 Å². The van der Waals surface area contributed by atoms with Crippen LogP contribution in [-0.4, -0.2) is 12.2 Å². The van der Waals surface area contributed by atoms with Gasteiger partial charge in [-0.2, -0.15) is 5.26 Å². The minimum Gasteiger partial charge on any atom is -0.335 e. The fraction of sp³-hybridized carbons (Fsp3) is 0.235. The van der Waals surface area contributed by atoms with Crippen LogP contribution >= 0.6 is 0 Å². The van der Waals surface area contributed by atoms with Gasteiger partial charge in [0.25, 0.3) is 0 Å². The van der Waals surface area contributed by atoms with E-state index in [1.165, 1.54) is 0 Å². The number of nitrogens with zero attached hydrogens (tertiary/aromatic N) is 1. The first-order chi connectivity index (χ1) is 9.76. The maximum atomic E-state index is 9.21. The Bertz CT molecular complexity index is 579. The van der Waals surface area contributed by atoms with Crippen LogP contribution in [0.25, 0.3) is 0 Å². The van der Waals surface area contributed by atoms with Gasteiger partial charge in [-0.05, 0) is 6.92 Å². The lowest BCUT2D eigenvalue weighted by Gasteiger charge is -2.28. The molecule has 3 rings (SSSR count). The minimum absolute atomic E-state index is 0.277. The summed E-state index contributed by atoms with van der Waals surface area (Å²) in [7, 11) is 0. The molecule has 1 fully saturated rings. The molecule has 1 saturated heterocycles. The van der Waals surface area contributed by atoms with Crippen molar-refractivity contribution in [3.8, 4) is 6.07 Å². The van der Waals surface area contributed by atoms with E-state index < -0.39 is 11.9 Å². The van der Waals surface area contributed by atoms with Crippen LogP contribution in [0.15, 0.2) is 60.7 Å². The van der Waals surface area contributed by atoms with Gasteiger partial charge in [0, 0.05) is 11.1 Å². The van der Waals surface area contributed by atoms with Gasteiger partial charge in [-0.3, -0.25) is 0 Å². The van der Waals surface area contributed by atoms with Crippen molar-refractivity contribution < 1.29 is 9.47 Å². The number of benzene rings is 2. The monoisotopic (exact) mass is 265 g/mol. The highest BCUT2D eigenvalue weighted by Crippen LogP contribution is 2.42. The molecule has 0 bridgehead atoms. The van der Waals surface area contributed by atoms with Crippen LogP contribution in [0.1, 0.15) is 18.1 Å². The highest BCUT2D eigenvalue weighted by atomic mass is 16.8. The smallest absolute Gasteiger partial charge is 0.224 e. The summed E-state index contributed by atoms with van der Waals surface area (Å²) < 4.78 is 12.1. The Labute approximate surface area is 118 Å². The lowest BCUT2D eigenvalue weighted by molar-refractivity contribution is -0.145. The van der Waals surface area contributed by atoms with Crippen LogP contribution in [0.2, 0.25) is 0 Å². The summed E-state index contributed by atoms with van der Waals surface area (Å²) in [5.74, 6) is -0.998. The van der Waals surface area contributed by atoms with E-state index >= 15 is 0 Å². The first kappa shape index (κ1) is 12.9. The number of rotatable bonds is 2. The quantitative estimate of drug-likeness (QED) is 0.837. The van der Waals surface area contributed by atoms with Crippen molar-refractivity contribution in [2.24, 2.45) is 0 Å². The van der Waals surface area contributed by atoms with E-state index in [0.717, 1.165) is 11.1 Å². The van der Waals surface area contributed by atoms with Gasteiger partial charge >= 0.3 is 0 Å². The summed E-state index contributed by atoms with van der Waals surface area (Å²) in [6.07, 6.45) is -0.851. The molecule has 0 amide bonds. The molecule has 100 valence electrons. The van der Waals surface area contributed by atoms with Gasteiger partial charge in [-0.25, -0.2) is 0 Å². The maximum Gasteiger partial charge on any atom is 0.224 e. The molecule has 1 heterocycles. The zero-order valence-electron chi connectivity index (χ0n) is 11.2. The van der Waals surface area contributed by atoms with Crippen molar-refractivity contribution in [2.45, 2.75) is 24.9 Å². The normalized spacial score (nSPS) is 24.2. The molecule has 2 aromatic rings. The van der Waals surface area contributed by atoms with Crippen LogP contribution in [0, 0.1) is 11.3 Å². The van der Waals surface area contributed by atoms with E-state index in [9.17, 15) is 5.26 Å². The van der Waals surface area contributed by atoms with Crippen LogP contribution < -0.4 is 0 Å². The Kier molecular flexibility index (Phi) is 3.27. The molecule has 3 nitrogen and oxygen atoms in total. The SMILES string of the molecule is C[C@@H]1OC(c2ccccc2)(c2ccccc2)O[C@H]1C#N. The number of hydrogen-bond donors (Lipinski definition) is 0. The van der Waals surface area contributed by atoms with Crippen LogP contribution in [0.3, 0.4) is 0 Å². The molecule has 0 spiro atoms. The molecule has 0 unspecified atom stereocenters. The molecule has 2 aromatic carbocycles. The summed E-state index contributed by atoms with van der Waals surface area (Å²) in [6.45, 7) is 1.86. The molecular weight excluding hydrogens is 250 g/mol. The molecule has 0 saturated carbocycles. The molecule has 0 aromatic heterocycles. The van der Waals surface area contributed by atoms with Gasteiger partial charge in [0.1, 0.15) is 0 Å². The summed E-state index contributed by atoms with van der Waals surface area (Å²) >= 11 is 0. The Balaban J connectivity index is 2.13. The van der Waals surface area contributed by atoms with Crippen LogP contribution in [0.5, 0.6) is 0 Å². The van der Waals surface area contributed by atoms with Crippen LogP contribution in [-0.2, 0) is 15.3 Å². The zero-order valence-corrected chi connectivity index (χ0v) is 11.2. The highest BCUT2D eigenvalue weighted by molar-refractivity contribution is 5.35. The molecule has 1 aliphatic heterocycles. The number of hydrogen-bond acceptors (Lipinski definition) is 3. The standard InChI is InChI=1S/C17H15NO2/c1-13-16(12-18)20-17(19-13,14-8-4-2-5-9-14)15-10-6-3-7-11-15/h2-11,13,16H,1H3/t13-,16-/m0/s1. The second-order valence-corrected chi connectivity index (χ2v) is 4.84. The summed E-state index contributed by atoms with van der Waals surface area (Å²) in [5, 5.41) is 9.21. The molecule has 2 atom stereocenters. The summed E-state index contributed by atoms with van der Waals surface area (Å²) in [5.41, 5.74) is 1.80. The summed E-state index contributed by atoms with van der Waals surface area (Å²) in [6, 6.07) is 21.7. The van der Waals surface area contributed by atoms with Crippen molar-refractivity contribution in [3.63, 3.8) is 0 Å². The molecule has 1 aliphatic rings.